The molecular weight excluding hydrogens is 286 g/mol. The lowest BCUT2D eigenvalue weighted by Gasteiger charge is -2.22. The quantitative estimate of drug-likeness (QED) is 0.572. The molecular formula is C9H18ClNO4S2. The van der Waals surface area contributed by atoms with Gasteiger partial charge >= 0.3 is 0 Å². The van der Waals surface area contributed by atoms with Crippen LogP contribution >= 0.6 is 11.6 Å². The lowest BCUT2D eigenvalue weighted by Crippen LogP contribution is -2.40. The van der Waals surface area contributed by atoms with Crippen molar-refractivity contribution in [2.45, 2.75) is 30.9 Å². The van der Waals surface area contributed by atoms with E-state index in [1.165, 1.54) is 0 Å². The number of alkyl halides is 1. The molecule has 0 aliphatic carbocycles. The third kappa shape index (κ3) is 5.11. The van der Waals surface area contributed by atoms with E-state index in [9.17, 15) is 16.8 Å². The van der Waals surface area contributed by atoms with Crippen molar-refractivity contribution in [2.24, 2.45) is 0 Å². The SMILES string of the molecule is O=S1(=O)CCC(S(=O)(=O)NCCCCCl)CC1. The molecule has 8 heteroatoms. The summed E-state index contributed by atoms with van der Waals surface area (Å²) >= 11 is 5.49. The van der Waals surface area contributed by atoms with Gasteiger partial charge in [0.1, 0.15) is 9.84 Å². The highest BCUT2D eigenvalue weighted by Crippen LogP contribution is 2.18. The molecule has 0 amide bonds. The van der Waals surface area contributed by atoms with Gasteiger partial charge in [0.25, 0.3) is 0 Å². The molecule has 5 nitrogen and oxygen atoms in total. The molecule has 1 heterocycles. The van der Waals surface area contributed by atoms with Crippen molar-refractivity contribution in [3.05, 3.63) is 0 Å². The average molecular weight is 304 g/mol. The minimum absolute atomic E-state index is 0.0275. The maximum Gasteiger partial charge on any atom is 0.214 e. The standard InChI is InChI=1S/C9H18ClNO4S2/c10-5-1-2-6-11-17(14,15)9-3-7-16(12,13)8-4-9/h9,11H,1-8H2. The molecule has 0 spiro atoms. The first-order chi connectivity index (χ1) is 7.87. The first-order valence-electron chi connectivity index (χ1n) is 5.62. The zero-order valence-corrected chi connectivity index (χ0v) is 12.0. The Labute approximate surface area is 108 Å². The van der Waals surface area contributed by atoms with Gasteiger partial charge in [-0.2, -0.15) is 0 Å². The summed E-state index contributed by atoms with van der Waals surface area (Å²) in [7, 11) is -6.39. The molecule has 1 fully saturated rings. The molecule has 0 bridgehead atoms. The molecule has 0 radical (unpaired) electrons. The van der Waals surface area contributed by atoms with E-state index in [4.69, 9.17) is 11.6 Å². The van der Waals surface area contributed by atoms with Crippen LogP contribution in [0.5, 0.6) is 0 Å². The van der Waals surface area contributed by atoms with Crippen LogP contribution in [0.15, 0.2) is 0 Å². The van der Waals surface area contributed by atoms with Crippen LogP contribution in [0.1, 0.15) is 25.7 Å². The highest BCUT2D eigenvalue weighted by Gasteiger charge is 2.32. The van der Waals surface area contributed by atoms with Crippen LogP contribution < -0.4 is 4.72 Å². The molecule has 0 aromatic carbocycles. The topological polar surface area (TPSA) is 80.3 Å². The number of hydrogen-bond donors (Lipinski definition) is 1. The molecule has 102 valence electrons. The number of sulfone groups is 1. The first kappa shape index (κ1) is 15.2. The van der Waals surface area contributed by atoms with E-state index in [1.807, 2.05) is 0 Å². The molecule has 1 rings (SSSR count). The number of rotatable bonds is 6. The Bertz CT molecular complexity index is 418. The van der Waals surface area contributed by atoms with Crippen molar-refractivity contribution in [1.82, 2.24) is 4.72 Å². The van der Waals surface area contributed by atoms with Crippen LogP contribution in [0, 0.1) is 0 Å². The number of hydrogen-bond acceptors (Lipinski definition) is 4. The van der Waals surface area contributed by atoms with Crippen molar-refractivity contribution in [3.63, 3.8) is 0 Å². The lowest BCUT2D eigenvalue weighted by atomic mass is 10.2. The maximum atomic E-state index is 11.8. The summed E-state index contributed by atoms with van der Waals surface area (Å²) in [6, 6.07) is 0. The van der Waals surface area contributed by atoms with Gasteiger partial charge in [-0.25, -0.2) is 21.6 Å². The molecule has 0 unspecified atom stereocenters. The Morgan fingerprint density at radius 2 is 1.76 bits per heavy atom. The summed E-state index contributed by atoms with van der Waals surface area (Å²) in [5.41, 5.74) is 0. The van der Waals surface area contributed by atoms with Crippen LogP contribution in [-0.2, 0) is 19.9 Å². The Balaban J connectivity index is 2.43. The lowest BCUT2D eigenvalue weighted by molar-refractivity contribution is 0.541. The molecule has 0 saturated carbocycles. The van der Waals surface area contributed by atoms with Crippen LogP contribution in [0.3, 0.4) is 0 Å². The summed E-state index contributed by atoms with van der Waals surface area (Å²) in [6.45, 7) is 0.373. The van der Waals surface area contributed by atoms with Crippen LogP contribution in [0.4, 0.5) is 0 Å². The Kier molecular flexibility index (Phi) is 5.69. The number of unbranched alkanes of at least 4 members (excludes halogenated alkanes) is 1. The third-order valence-corrected chi connectivity index (χ3v) is 6.74. The molecule has 1 aliphatic rings. The van der Waals surface area contributed by atoms with Crippen molar-refractivity contribution in [2.75, 3.05) is 23.9 Å². The largest absolute Gasteiger partial charge is 0.229 e. The van der Waals surface area contributed by atoms with E-state index in [0.29, 0.717) is 18.8 Å². The second-order valence-corrected chi connectivity index (χ2v) is 8.91. The molecule has 17 heavy (non-hydrogen) atoms. The van der Waals surface area contributed by atoms with E-state index < -0.39 is 25.1 Å². The number of nitrogens with one attached hydrogen (secondary N) is 1. The second kappa shape index (κ2) is 6.36. The normalized spacial score (nSPS) is 21.5. The second-order valence-electron chi connectivity index (χ2n) is 4.19. The van der Waals surface area contributed by atoms with Gasteiger partial charge in [-0.1, -0.05) is 0 Å². The average Bonchev–Trinajstić information content (AvgIpc) is 2.24. The van der Waals surface area contributed by atoms with Gasteiger partial charge in [0, 0.05) is 12.4 Å². The van der Waals surface area contributed by atoms with Gasteiger partial charge in [0.15, 0.2) is 0 Å². The number of halogens is 1. The molecule has 1 N–H and O–H groups in total. The van der Waals surface area contributed by atoms with Crippen LogP contribution in [0.2, 0.25) is 0 Å². The minimum Gasteiger partial charge on any atom is -0.229 e. The monoisotopic (exact) mass is 303 g/mol. The van der Waals surface area contributed by atoms with E-state index in [0.717, 1.165) is 6.42 Å². The number of sulfonamides is 1. The summed E-state index contributed by atoms with van der Waals surface area (Å²) < 4.78 is 48.5. The predicted octanol–water partition coefficient (Wildman–Crippen LogP) is 0.502. The van der Waals surface area contributed by atoms with Crippen molar-refractivity contribution in [3.8, 4) is 0 Å². The van der Waals surface area contributed by atoms with Gasteiger partial charge < -0.3 is 0 Å². The van der Waals surface area contributed by atoms with Crippen molar-refractivity contribution in [1.29, 1.82) is 0 Å². The van der Waals surface area contributed by atoms with Gasteiger partial charge in [-0.15, -0.1) is 11.6 Å². The fraction of sp³-hybridized carbons (Fsp3) is 1.00. The summed E-state index contributed by atoms with van der Waals surface area (Å²) in [4.78, 5) is 0. The van der Waals surface area contributed by atoms with Crippen LogP contribution in [0.25, 0.3) is 0 Å². The summed E-state index contributed by atoms with van der Waals surface area (Å²) in [5.74, 6) is 0.462. The summed E-state index contributed by atoms with van der Waals surface area (Å²) in [5, 5.41) is -0.568. The maximum absolute atomic E-state index is 11.8. The van der Waals surface area contributed by atoms with E-state index in [-0.39, 0.29) is 24.3 Å². The highest BCUT2D eigenvalue weighted by atomic mass is 35.5. The van der Waals surface area contributed by atoms with Crippen molar-refractivity contribution < 1.29 is 16.8 Å². The highest BCUT2D eigenvalue weighted by molar-refractivity contribution is 7.92. The fourth-order valence-electron chi connectivity index (χ4n) is 1.73. The molecule has 1 aliphatic heterocycles. The molecule has 1 saturated heterocycles. The zero-order chi connectivity index (χ0) is 12.9. The molecule has 0 aromatic heterocycles. The first-order valence-corrected chi connectivity index (χ1v) is 9.52. The minimum atomic E-state index is -3.37. The Morgan fingerprint density at radius 3 is 2.29 bits per heavy atom. The smallest absolute Gasteiger partial charge is 0.214 e. The Morgan fingerprint density at radius 1 is 1.18 bits per heavy atom. The molecule has 0 atom stereocenters. The van der Waals surface area contributed by atoms with E-state index in [1.54, 1.807) is 0 Å². The predicted molar refractivity (Wildman–Crippen MR) is 68.6 cm³/mol. The zero-order valence-electron chi connectivity index (χ0n) is 9.56. The van der Waals surface area contributed by atoms with Gasteiger partial charge in [-0.05, 0) is 25.7 Å². The molecule has 0 aromatic rings. The van der Waals surface area contributed by atoms with E-state index in [2.05, 4.69) is 4.72 Å². The van der Waals surface area contributed by atoms with Crippen LogP contribution in [-0.4, -0.2) is 46.0 Å². The Hall–Kier alpha value is 0.150. The van der Waals surface area contributed by atoms with E-state index >= 15 is 0 Å². The fourth-order valence-corrected chi connectivity index (χ4v) is 5.23. The van der Waals surface area contributed by atoms with Gasteiger partial charge in [-0.3, -0.25) is 0 Å². The third-order valence-electron chi connectivity index (χ3n) is 2.80. The summed E-state index contributed by atoms with van der Waals surface area (Å²) in [6.07, 6.45) is 1.87. The van der Waals surface area contributed by atoms with Gasteiger partial charge in [0.05, 0.1) is 16.8 Å². The van der Waals surface area contributed by atoms with Gasteiger partial charge in [0.2, 0.25) is 10.0 Å². The van der Waals surface area contributed by atoms with Crippen molar-refractivity contribution >= 4 is 31.5 Å².